The molecule has 5 heterocycles. The van der Waals surface area contributed by atoms with E-state index in [2.05, 4.69) is 176 Å². The van der Waals surface area contributed by atoms with Crippen LogP contribution < -0.4 is 0 Å². The van der Waals surface area contributed by atoms with Gasteiger partial charge in [0.2, 0.25) is 0 Å². The molecule has 0 bridgehead atoms. The molecule has 234 valence electrons. The molecule has 11 aromatic rings. The standard InChI is InChI=1S/C44H28N6/c1-3-11-29(12-4-1)47-25-23-35-37(47)21-19-33-31-15-7-9-17-39(31)49(43(33)35)41-27-45-28-42(46-41)50-40-18-10-8-16-32(40)34-20-22-38-36(44(34)50)24-26-48(38)30-13-5-2-6-14-30/h1-28H. The highest BCUT2D eigenvalue weighted by Gasteiger charge is 2.21. The number of para-hydroxylation sites is 4. The highest BCUT2D eigenvalue weighted by molar-refractivity contribution is 6.19. The molecule has 6 aromatic carbocycles. The van der Waals surface area contributed by atoms with Crippen LogP contribution in [0.1, 0.15) is 0 Å². The Morgan fingerprint density at radius 3 is 1.26 bits per heavy atom. The summed E-state index contributed by atoms with van der Waals surface area (Å²) in [5.41, 5.74) is 8.98. The van der Waals surface area contributed by atoms with Crippen LogP contribution in [0.15, 0.2) is 170 Å². The third kappa shape index (κ3) is 3.73. The van der Waals surface area contributed by atoms with Gasteiger partial charge in [-0.3, -0.25) is 14.1 Å². The molecule has 0 unspecified atom stereocenters. The fraction of sp³-hybridized carbons (Fsp3) is 0. The molecule has 50 heavy (non-hydrogen) atoms. The van der Waals surface area contributed by atoms with Crippen LogP contribution in [-0.2, 0) is 0 Å². The number of rotatable bonds is 4. The third-order valence-corrected chi connectivity index (χ3v) is 10.1. The molecule has 0 spiro atoms. The molecule has 0 N–H and O–H groups in total. The summed E-state index contributed by atoms with van der Waals surface area (Å²) in [7, 11) is 0. The number of hydrogen-bond donors (Lipinski definition) is 0. The highest BCUT2D eigenvalue weighted by atomic mass is 15.2. The lowest BCUT2D eigenvalue weighted by atomic mass is 10.1. The Hall–Kier alpha value is -6.92. The van der Waals surface area contributed by atoms with E-state index in [0.717, 1.165) is 66.9 Å². The summed E-state index contributed by atoms with van der Waals surface area (Å²) in [6.45, 7) is 0. The Kier molecular flexibility index (Phi) is 5.57. The fourth-order valence-corrected chi connectivity index (χ4v) is 8.02. The minimum absolute atomic E-state index is 0.772. The topological polar surface area (TPSA) is 45.5 Å². The smallest absolute Gasteiger partial charge is 0.158 e. The van der Waals surface area contributed by atoms with Crippen LogP contribution in [0.2, 0.25) is 0 Å². The van der Waals surface area contributed by atoms with Crippen LogP contribution in [0.4, 0.5) is 0 Å². The second-order valence-corrected chi connectivity index (χ2v) is 12.8. The normalized spacial score (nSPS) is 12.0. The Balaban J connectivity index is 1.19. The van der Waals surface area contributed by atoms with Gasteiger partial charge in [-0.1, -0.05) is 84.9 Å². The minimum atomic E-state index is 0.772. The highest BCUT2D eigenvalue weighted by Crippen LogP contribution is 2.39. The number of fused-ring (bicyclic) bond motifs is 10. The molecule has 6 nitrogen and oxygen atoms in total. The largest absolute Gasteiger partial charge is 0.316 e. The lowest BCUT2D eigenvalue weighted by Gasteiger charge is -2.12. The van der Waals surface area contributed by atoms with Crippen molar-refractivity contribution in [1.29, 1.82) is 0 Å². The molecule has 0 fully saturated rings. The zero-order valence-corrected chi connectivity index (χ0v) is 26.8. The van der Waals surface area contributed by atoms with Crippen LogP contribution >= 0.6 is 0 Å². The first kappa shape index (κ1) is 27.1. The van der Waals surface area contributed by atoms with Crippen LogP contribution in [0.5, 0.6) is 0 Å². The molecule has 0 aliphatic carbocycles. The number of aromatic nitrogens is 6. The van der Waals surface area contributed by atoms with E-state index >= 15 is 0 Å². The van der Waals surface area contributed by atoms with Crippen molar-refractivity contribution in [1.82, 2.24) is 28.2 Å². The summed E-state index contributed by atoms with van der Waals surface area (Å²) in [6.07, 6.45) is 8.10. The maximum atomic E-state index is 5.45. The lowest BCUT2D eigenvalue weighted by Crippen LogP contribution is -2.04. The molecule has 11 rings (SSSR count). The van der Waals surface area contributed by atoms with Gasteiger partial charge < -0.3 is 9.13 Å². The fourth-order valence-electron chi connectivity index (χ4n) is 8.02. The first-order valence-electron chi connectivity index (χ1n) is 16.8. The molecule has 0 atom stereocenters. The Morgan fingerprint density at radius 1 is 0.340 bits per heavy atom. The average Bonchev–Trinajstić information content (AvgIpc) is 3.96. The summed E-state index contributed by atoms with van der Waals surface area (Å²) in [6, 6.07) is 51.6. The molecular formula is C44H28N6. The van der Waals surface area contributed by atoms with Gasteiger partial charge in [0.05, 0.1) is 45.5 Å². The Morgan fingerprint density at radius 2 is 0.780 bits per heavy atom. The van der Waals surface area contributed by atoms with Gasteiger partial charge in [-0.05, 0) is 60.7 Å². The summed E-state index contributed by atoms with van der Waals surface area (Å²) < 4.78 is 9.08. The van der Waals surface area contributed by atoms with Gasteiger partial charge in [0.1, 0.15) is 0 Å². The van der Waals surface area contributed by atoms with E-state index in [1.165, 1.54) is 21.5 Å². The number of hydrogen-bond acceptors (Lipinski definition) is 2. The first-order chi connectivity index (χ1) is 24.8. The maximum Gasteiger partial charge on any atom is 0.158 e. The van der Waals surface area contributed by atoms with Gasteiger partial charge in [0, 0.05) is 56.1 Å². The second kappa shape index (κ2) is 10.3. The molecule has 0 aliphatic heterocycles. The van der Waals surface area contributed by atoms with E-state index in [0.29, 0.717) is 0 Å². The molecule has 6 heteroatoms. The summed E-state index contributed by atoms with van der Waals surface area (Å²) >= 11 is 0. The minimum Gasteiger partial charge on any atom is -0.316 e. The van der Waals surface area contributed by atoms with Gasteiger partial charge in [-0.15, -0.1) is 0 Å². The van der Waals surface area contributed by atoms with E-state index in [-0.39, 0.29) is 0 Å². The summed E-state index contributed by atoms with van der Waals surface area (Å²) in [5, 5.41) is 7.07. The zero-order valence-electron chi connectivity index (χ0n) is 26.8. The van der Waals surface area contributed by atoms with Crippen molar-refractivity contribution in [2.75, 3.05) is 0 Å². The number of benzene rings is 6. The van der Waals surface area contributed by atoms with Crippen molar-refractivity contribution in [3.05, 3.63) is 170 Å². The molecule has 5 aromatic heterocycles. The van der Waals surface area contributed by atoms with Crippen molar-refractivity contribution in [2.45, 2.75) is 0 Å². The van der Waals surface area contributed by atoms with Crippen molar-refractivity contribution < 1.29 is 0 Å². The lowest BCUT2D eigenvalue weighted by molar-refractivity contribution is 0.981. The molecule has 0 saturated heterocycles. The summed E-state index contributed by atoms with van der Waals surface area (Å²) in [5.74, 6) is 1.54. The van der Waals surface area contributed by atoms with Gasteiger partial charge >= 0.3 is 0 Å². The molecular weight excluding hydrogens is 613 g/mol. The van der Waals surface area contributed by atoms with Crippen molar-refractivity contribution in [3.8, 4) is 23.0 Å². The predicted molar refractivity (Wildman–Crippen MR) is 204 cm³/mol. The van der Waals surface area contributed by atoms with Gasteiger partial charge in [0.25, 0.3) is 0 Å². The van der Waals surface area contributed by atoms with Crippen LogP contribution in [0.3, 0.4) is 0 Å². The summed E-state index contributed by atoms with van der Waals surface area (Å²) in [4.78, 5) is 10.3. The average molecular weight is 641 g/mol. The predicted octanol–water partition coefficient (Wildman–Crippen LogP) is 10.6. The Bertz CT molecular complexity index is 2880. The van der Waals surface area contributed by atoms with Gasteiger partial charge in [0.15, 0.2) is 11.6 Å². The SMILES string of the molecule is c1ccc(-n2ccc3c2ccc2c4ccccc4n(-c4cncc(-n5c6ccccc6c6ccc7c(ccn7-c7ccccc7)c65)n4)c23)cc1. The van der Waals surface area contributed by atoms with Crippen molar-refractivity contribution >= 4 is 65.4 Å². The van der Waals surface area contributed by atoms with Gasteiger partial charge in [-0.25, -0.2) is 4.98 Å². The van der Waals surface area contributed by atoms with E-state index < -0.39 is 0 Å². The Labute approximate surface area is 286 Å². The molecule has 0 saturated carbocycles. The maximum absolute atomic E-state index is 5.45. The van der Waals surface area contributed by atoms with Crippen LogP contribution in [0.25, 0.3) is 88.4 Å². The number of nitrogens with zero attached hydrogens (tertiary/aromatic N) is 6. The monoisotopic (exact) mass is 640 g/mol. The van der Waals surface area contributed by atoms with Gasteiger partial charge in [-0.2, -0.15) is 0 Å². The van der Waals surface area contributed by atoms with E-state index in [1.807, 2.05) is 12.4 Å². The molecule has 0 amide bonds. The quantitative estimate of drug-likeness (QED) is 0.192. The second-order valence-electron chi connectivity index (χ2n) is 12.8. The molecule has 0 aliphatic rings. The van der Waals surface area contributed by atoms with Crippen molar-refractivity contribution in [2.24, 2.45) is 0 Å². The van der Waals surface area contributed by atoms with Crippen molar-refractivity contribution in [3.63, 3.8) is 0 Å². The van der Waals surface area contributed by atoms with Crippen LogP contribution in [-0.4, -0.2) is 28.2 Å². The van der Waals surface area contributed by atoms with E-state index in [1.54, 1.807) is 0 Å². The first-order valence-corrected chi connectivity index (χ1v) is 16.8. The molecule has 0 radical (unpaired) electrons. The van der Waals surface area contributed by atoms with E-state index in [9.17, 15) is 0 Å². The zero-order chi connectivity index (χ0) is 32.8. The van der Waals surface area contributed by atoms with E-state index in [4.69, 9.17) is 9.97 Å². The van der Waals surface area contributed by atoms with Crippen LogP contribution in [0, 0.1) is 0 Å². The third-order valence-electron chi connectivity index (χ3n) is 10.1.